The number of aromatic carboxylic acids is 1. The van der Waals surface area contributed by atoms with Crippen LogP contribution >= 0.6 is 0 Å². The number of aldehydes is 1. The third kappa shape index (κ3) is 4.65. The summed E-state index contributed by atoms with van der Waals surface area (Å²) in [7, 11) is 3.20. The average Bonchev–Trinajstić information content (AvgIpc) is 2.77. The van der Waals surface area contributed by atoms with Crippen molar-refractivity contribution in [1.29, 1.82) is 0 Å². The van der Waals surface area contributed by atoms with Gasteiger partial charge in [-0.1, -0.05) is 12.1 Å². The summed E-state index contributed by atoms with van der Waals surface area (Å²) in [6, 6.07) is 17.6. The Morgan fingerprint density at radius 3 is 1.90 bits per heavy atom. The van der Waals surface area contributed by atoms with Crippen LogP contribution in [-0.2, 0) is 0 Å². The first-order chi connectivity index (χ1) is 14.0. The molecule has 0 bridgehead atoms. The molecular formula is C22H18N2O5. The Bertz CT molecular complexity index is 1190. The number of rotatable bonds is 4. The summed E-state index contributed by atoms with van der Waals surface area (Å²) in [5.74, 6) is 0.498. The highest BCUT2D eigenvalue weighted by atomic mass is 16.5. The van der Waals surface area contributed by atoms with Gasteiger partial charge in [-0.2, -0.15) is 0 Å². The van der Waals surface area contributed by atoms with Gasteiger partial charge < -0.3 is 14.6 Å². The number of carboxylic acid groups (broad SMARTS) is 1. The molecule has 7 nitrogen and oxygen atoms in total. The molecule has 0 aliphatic carbocycles. The molecule has 2 aromatic heterocycles. The Hall–Kier alpha value is -4.00. The second-order valence-electron chi connectivity index (χ2n) is 5.97. The van der Waals surface area contributed by atoms with Crippen LogP contribution in [0.5, 0.6) is 11.5 Å². The Balaban J connectivity index is 0.000000166. The SMILES string of the molecule is COc1ccc2nc(C(=O)O)ccc2c1.COc1ccc2nc(C=O)ccc2c1. The smallest absolute Gasteiger partial charge is 0.354 e. The van der Waals surface area contributed by atoms with E-state index in [1.54, 1.807) is 38.5 Å². The monoisotopic (exact) mass is 390 g/mol. The van der Waals surface area contributed by atoms with Gasteiger partial charge in [-0.3, -0.25) is 4.79 Å². The number of fused-ring (bicyclic) bond motifs is 2. The number of carbonyl (C=O) groups is 2. The number of carboxylic acids is 1. The molecule has 0 saturated carbocycles. The van der Waals surface area contributed by atoms with Crippen molar-refractivity contribution in [3.8, 4) is 11.5 Å². The molecule has 0 aliphatic rings. The van der Waals surface area contributed by atoms with E-state index >= 15 is 0 Å². The van der Waals surface area contributed by atoms with Gasteiger partial charge >= 0.3 is 5.97 Å². The molecular weight excluding hydrogens is 372 g/mol. The lowest BCUT2D eigenvalue weighted by Gasteiger charge is -2.02. The van der Waals surface area contributed by atoms with E-state index in [1.165, 1.54) is 6.07 Å². The third-order valence-corrected chi connectivity index (χ3v) is 4.15. The van der Waals surface area contributed by atoms with E-state index in [0.717, 1.165) is 34.1 Å². The molecule has 0 saturated heterocycles. The predicted octanol–water partition coefficient (Wildman–Crippen LogP) is 4.00. The van der Waals surface area contributed by atoms with E-state index in [-0.39, 0.29) is 5.69 Å². The van der Waals surface area contributed by atoms with E-state index in [9.17, 15) is 9.59 Å². The van der Waals surface area contributed by atoms with Crippen molar-refractivity contribution in [2.75, 3.05) is 14.2 Å². The van der Waals surface area contributed by atoms with Crippen LogP contribution in [-0.4, -0.2) is 41.5 Å². The number of benzene rings is 2. The molecule has 0 atom stereocenters. The predicted molar refractivity (Wildman–Crippen MR) is 109 cm³/mol. The largest absolute Gasteiger partial charge is 0.497 e. The minimum absolute atomic E-state index is 0.0488. The molecule has 146 valence electrons. The van der Waals surface area contributed by atoms with Crippen LogP contribution in [0.4, 0.5) is 0 Å². The Labute approximate surface area is 166 Å². The molecule has 0 fully saturated rings. The molecule has 0 unspecified atom stereocenters. The molecule has 2 heterocycles. The number of methoxy groups -OCH3 is 2. The minimum Gasteiger partial charge on any atom is -0.497 e. The van der Waals surface area contributed by atoms with Crippen molar-refractivity contribution in [2.45, 2.75) is 0 Å². The molecule has 2 aromatic carbocycles. The van der Waals surface area contributed by atoms with E-state index < -0.39 is 5.97 Å². The molecule has 0 amide bonds. The normalized spacial score (nSPS) is 10.1. The van der Waals surface area contributed by atoms with Crippen molar-refractivity contribution < 1.29 is 24.2 Å². The van der Waals surface area contributed by atoms with Crippen LogP contribution in [0, 0.1) is 0 Å². The van der Waals surface area contributed by atoms with Gasteiger partial charge in [0, 0.05) is 10.8 Å². The van der Waals surface area contributed by atoms with Crippen LogP contribution in [0.3, 0.4) is 0 Å². The van der Waals surface area contributed by atoms with Crippen molar-refractivity contribution in [2.24, 2.45) is 0 Å². The molecule has 4 aromatic rings. The van der Waals surface area contributed by atoms with Crippen molar-refractivity contribution in [3.63, 3.8) is 0 Å². The summed E-state index contributed by atoms with van der Waals surface area (Å²) < 4.78 is 10.1. The lowest BCUT2D eigenvalue weighted by molar-refractivity contribution is 0.0691. The highest BCUT2D eigenvalue weighted by molar-refractivity contribution is 5.90. The summed E-state index contributed by atoms with van der Waals surface area (Å²) in [5.41, 5.74) is 1.95. The third-order valence-electron chi connectivity index (χ3n) is 4.15. The zero-order valence-corrected chi connectivity index (χ0v) is 15.8. The number of carbonyl (C=O) groups excluding carboxylic acids is 1. The van der Waals surface area contributed by atoms with E-state index in [0.29, 0.717) is 11.2 Å². The quantitative estimate of drug-likeness (QED) is 0.526. The number of hydrogen-bond acceptors (Lipinski definition) is 6. The van der Waals surface area contributed by atoms with Gasteiger partial charge in [-0.15, -0.1) is 0 Å². The summed E-state index contributed by atoms with van der Waals surface area (Å²) in [4.78, 5) is 29.3. The average molecular weight is 390 g/mol. The van der Waals surface area contributed by atoms with E-state index in [2.05, 4.69) is 9.97 Å². The number of pyridine rings is 2. The van der Waals surface area contributed by atoms with E-state index in [1.807, 2.05) is 30.3 Å². The van der Waals surface area contributed by atoms with Crippen LogP contribution in [0.25, 0.3) is 21.8 Å². The summed E-state index contributed by atoms with van der Waals surface area (Å²) in [6.45, 7) is 0. The van der Waals surface area contributed by atoms with Crippen LogP contribution in [0.15, 0.2) is 60.7 Å². The highest BCUT2D eigenvalue weighted by Gasteiger charge is 2.05. The number of aromatic nitrogens is 2. The first kappa shape index (κ1) is 19.8. The lowest BCUT2D eigenvalue weighted by Crippen LogP contribution is -1.99. The topological polar surface area (TPSA) is 98.6 Å². The van der Waals surface area contributed by atoms with Crippen molar-refractivity contribution >= 4 is 34.1 Å². The molecule has 29 heavy (non-hydrogen) atoms. The zero-order chi connectivity index (χ0) is 20.8. The van der Waals surface area contributed by atoms with Crippen molar-refractivity contribution in [3.05, 3.63) is 72.1 Å². The van der Waals surface area contributed by atoms with Gasteiger partial charge in [0.05, 0.1) is 25.3 Å². The zero-order valence-electron chi connectivity index (χ0n) is 15.8. The maximum atomic E-state index is 10.7. The van der Waals surface area contributed by atoms with Gasteiger partial charge in [0.15, 0.2) is 6.29 Å². The first-order valence-corrected chi connectivity index (χ1v) is 8.62. The number of nitrogens with zero attached hydrogens (tertiary/aromatic N) is 2. The second kappa shape index (κ2) is 8.79. The highest BCUT2D eigenvalue weighted by Crippen LogP contribution is 2.20. The van der Waals surface area contributed by atoms with Gasteiger partial charge in [0.2, 0.25) is 0 Å². The molecule has 4 rings (SSSR count). The van der Waals surface area contributed by atoms with Crippen LogP contribution in [0.2, 0.25) is 0 Å². The molecule has 1 N–H and O–H groups in total. The van der Waals surface area contributed by atoms with Gasteiger partial charge in [-0.25, -0.2) is 14.8 Å². The summed E-state index contributed by atoms with van der Waals surface area (Å²) >= 11 is 0. The maximum absolute atomic E-state index is 10.7. The Morgan fingerprint density at radius 1 is 0.828 bits per heavy atom. The minimum atomic E-state index is -1.02. The van der Waals surface area contributed by atoms with Crippen LogP contribution in [0.1, 0.15) is 21.0 Å². The van der Waals surface area contributed by atoms with Crippen LogP contribution < -0.4 is 9.47 Å². The summed E-state index contributed by atoms with van der Waals surface area (Å²) in [6.07, 6.45) is 0.740. The number of hydrogen-bond donors (Lipinski definition) is 1. The fourth-order valence-electron chi connectivity index (χ4n) is 2.66. The Kier molecular flexibility index (Phi) is 5.99. The van der Waals surface area contributed by atoms with E-state index in [4.69, 9.17) is 14.6 Å². The Morgan fingerprint density at radius 2 is 1.38 bits per heavy atom. The second-order valence-corrected chi connectivity index (χ2v) is 5.97. The first-order valence-electron chi connectivity index (χ1n) is 8.62. The lowest BCUT2D eigenvalue weighted by atomic mass is 10.2. The molecule has 7 heteroatoms. The summed E-state index contributed by atoms with van der Waals surface area (Å²) in [5, 5.41) is 10.6. The fourth-order valence-corrected chi connectivity index (χ4v) is 2.66. The molecule has 0 aliphatic heterocycles. The van der Waals surface area contributed by atoms with Gasteiger partial charge in [0.1, 0.15) is 22.9 Å². The van der Waals surface area contributed by atoms with Gasteiger partial charge in [0.25, 0.3) is 0 Å². The maximum Gasteiger partial charge on any atom is 0.354 e. The van der Waals surface area contributed by atoms with Gasteiger partial charge in [-0.05, 0) is 48.5 Å². The number of ether oxygens (including phenoxy) is 2. The molecule has 0 spiro atoms. The fraction of sp³-hybridized carbons (Fsp3) is 0.0909. The standard InChI is InChI=1S/C11H9NO3.C11H9NO2/c1-15-8-3-5-9-7(6-8)2-4-10(12-9)11(13)14;1-14-10-4-5-11-8(6-10)2-3-9(7-13)12-11/h2-6H,1H3,(H,13,14);2-7H,1H3. The molecule has 0 radical (unpaired) electrons. The van der Waals surface area contributed by atoms with Crippen molar-refractivity contribution in [1.82, 2.24) is 9.97 Å².